The molecule has 0 radical (unpaired) electrons. The number of carboxylic acid groups (broad SMARTS) is 1. The minimum atomic E-state index is -1.30. The number of aliphatic hydroxyl groups is 2. The number of nitrogens with two attached hydrogens (primary N) is 3. The number of amides is 1. The summed E-state index contributed by atoms with van der Waals surface area (Å²) in [5, 5.41) is 30.7. The number of aliphatic hydroxyl groups excluding tert-OH is 2. The van der Waals surface area contributed by atoms with E-state index in [2.05, 4.69) is 26.8 Å². The zero-order valence-corrected chi connectivity index (χ0v) is 19.6. The number of primary amides is 1. The van der Waals surface area contributed by atoms with Crippen molar-refractivity contribution in [3.8, 4) is 11.8 Å². The highest BCUT2D eigenvalue weighted by molar-refractivity contribution is 5.92. The lowest BCUT2D eigenvalue weighted by atomic mass is 9.92. The number of rotatable bonds is 8. The summed E-state index contributed by atoms with van der Waals surface area (Å²) in [5.41, 5.74) is 18.4. The molecule has 13 heteroatoms. The van der Waals surface area contributed by atoms with Crippen molar-refractivity contribution in [1.82, 2.24) is 19.5 Å². The molecule has 1 aliphatic heterocycles. The third-order valence-electron chi connectivity index (χ3n) is 6.25. The van der Waals surface area contributed by atoms with Crippen molar-refractivity contribution in [2.24, 2.45) is 17.4 Å². The second-order valence-corrected chi connectivity index (χ2v) is 8.79. The minimum Gasteiger partial charge on any atom is -0.480 e. The summed E-state index contributed by atoms with van der Waals surface area (Å²) in [5.74, 6) is 4.14. The lowest BCUT2D eigenvalue weighted by Crippen LogP contribution is -2.33. The molecule has 37 heavy (non-hydrogen) atoms. The molecule has 1 fully saturated rings. The van der Waals surface area contributed by atoms with Gasteiger partial charge in [0.15, 0.2) is 17.7 Å². The summed E-state index contributed by atoms with van der Waals surface area (Å²) in [6.07, 6.45) is -1.06. The topological polar surface area (TPSA) is 226 Å². The Morgan fingerprint density at radius 1 is 1.11 bits per heavy atom. The Labute approximate surface area is 211 Å². The van der Waals surface area contributed by atoms with Crippen molar-refractivity contribution >= 4 is 28.9 Å². The van der Waals surface area contributed by atoms with Crippen LogP contribution in [0.4, 0.5) is 5.82 Å². The Kier molecular flexibility index (Phi) is 7.65. The largest absolute Gasteiger partial charge is 0.480 e. The monoisotopic (exact) mass is 509 g/mol. The van der Waals surface area contributed by atoms with Crippen LogP contribution in [0, 0.1) is 17.8 Å². The number of nitrogen functional groups attached to an aromatic ring is 1. The fourth-order valence-electron chi connectivity index (χ4n) is 4.15. The minimum absolute atomic E-state index is 0.145. The standard InChI is InChI=1S/C24H27N7O6/c25-15(24(35)36)8-5-13(2-1-12-3-6-14(7-4-12)21(27)34)9-16-18(32)19(33)23(37-16)31-11-30-17-20(26)28-10-29-22(17)31/h3-4,6-7,10-11,13,15-16,18-19,23,32-33H,5,8-9,25H2,(H2,27,34)(H,35,36)(H2,26,28,29)/t13-,15-,16+,18+,19+,23+/m0/s1. The molecule has 0 unspecified atom stereocenters. The Morgan fingerprint density at radius 2 is 1.84 bits per heavy atom. The fourth-order valence-corrected chi connectivity index (χ4v) is 4.15. The molecule has 3 heterocycles. The smallest absolute Gasteiger partial charge is 0.320 e. The number of hydrogen-bond acceptors (Lipinski definition) is 10. The third kappa shape index (κ3) is 5.68. The van der Waals surface area contributed by atoms with Gasteiger partial charge in [-0.15, -0.1) is 0 Å². The molecule has 194 valence electrons. The van der Waals surface area contributed by atoms with Crippen molar-refractivity contribution in [3.05, 3.63) is 48.0 Å². The molecule has 9 N–H and O–H groups in total. The first kappa shape index (κ1) is 26.0. The number of carbonyl (C=O) groups excluding carboxylic acids is 1. The summed E-state index contributed by atoms with van der Waals surface area (Å²) in [6, 6.07) is 5.32. The average molecular weight is 510 g/mol. The molecule has 1 aliphatic rings. The second-order valence-electron chi connectivity index (χ2n) is 8.79. The van der Waals surface area contributed by atoms with Gasteiger partial charge in [0.05, 0.1) is 12.4 Å². The summed E-state index contributed by atoms with van der Waals surface area (Å²) < 4.78 is 7.49. The number of anilines is 1. The molecule has 0 aliphatic carbocycles. The molecule has 1 amide bonds. The maximum atomic E-state index is 11.3. The first-order chi connectivity index (χ1) is 17.7. The molecule has 13 nitrogen and oxygen atoms in total. The van der Waals surface area contributed by atoms with Crippen LogP contribution in [0.2, 0.25) is 0 Å². The normalized spacial score (nSPS) is 22.8. The van der Waals surface area contributed by atoms with Gasteiger partial charge in [-0.05, 0) is 43.5 Å². The van der Waals surface area contributed by atoms with Crippen LogP contribution in [0.1, 0.15) is 41.4 Å². The summed E-state index contributed by atoms with van der Waals surface area (Å²) >= 11 is 0. The van der Waals surface area contributed by atoms with E-state index in [1.165, 1.54) is 17.2 Å². The van der Waals surface area contributed by atoms with E-state index in [1.807, 2.05) is 0 Å². The SMILES string of the molecule is NC(=O)c1ccc(C#C[C@@H](CC[C@H](N)C(=O)O)C[C@H]2O[C@@H](n3cnc4c(N)ncnc43)[C@H](O)[C@@H]2O)cc1. The number of hydrogen-bond donors (Lipinski definition) is 6. The lowest BCUT2D eigenvalue weighted by Gasteiger charge is -2.19. The highest BCUT2D eigenvalue weighted by atomic mass is 16.6. The van der Waals surface area contributed by atoms with Crippen LogP contribution in [0.15, 0.2) is 36.9 Å². The maximum absolute atomic E-state index is 11.3. The van der Waals surface area contributed by atoms with Gasteiger partial charge in [-0.3, -0.25) is 14.2 Å². The van der Waals surface area contributed by atoms with E-state index in [9.17, 15) is 19.8 Å². The van der Waals surface area contributed by atoms with E-state index >= 15 is 0 Å². The Morgan fingerprint density at radius 3 is 2.51 bits per heavy atom. The molecular weight excluding hydrogens is 482 g/mol. The number of carbonyl (C=O) groups is 2. The number of benzene rings is 1. The van der Waals surface area contributed by atoms with Gasteiger partial charge in [0.2, 0.25) is 5.91 Å². The van der Waals surface area contributed by atoms with Crippen LogP contribution < -0.4 is 17.2 Å². The lowest BCUT2D eigenvalue weighted by molar-refractivity contribution is -0.138. The summed E-state index contributed by atoms with van der Waals surface area (Å²) in [4.78, 5) is 34.7. The number of fused-ring (bicyclic) bond motifs is 1. The van der Waals surface area contributed by atoms with E-state index in [-0.39, 0.29) is 18.7 Å². The van der Waals surface area contributed by atoms with E-state index in [4.69, 9.17) is 27.0 Å². The number of nitrogens with zero attached hydrogens (tertiary/aromatic N) is 4. The molecule has 0 spiro atoms. The van der Waals surface area contributed by atoms with E-state index in [0.717, 1.165) is 0 Å². The predicted octanol–water partition coefficient (Wildman–Crippen LogP) is -0.623. The van der Waals surface area contributed by atoms with Crippen molar-refractivity contribution < 1.29 is 29.6 Å². The van der Waals surface area contributed by atoms with Gasteiger partial charge in [-0.1, -0.05) is 11.8 Å². The number of carboxylic acids is 1. The highest BCUT2D eigenvalue weighted by Crippen LogP contribution is 2.35. The molecule has 6 atom stereocenters. The molecular formula is C24H27N7O6. The van der Waals surface area contributed by atoms with Crippen LogP contribution in [0.3, 0.4) is 0 Å². The molecule has 0 bridgehead atoms. The summed E-state index contributed by atoms with van der Waals surface area (Å²) in [7, 11) is 0. The second kappa shape index (κ2) is 10.9. The van der Waals surface area contributed by atoms with Gasteiger partial charge in [0.1, 0.15) is 30.1 Å². The van der Waals surface area contributed by atoms with Crippen LogP contribution in [0.25, 0.3) is 11.2 Å². The van der Waals surface area contributed by atoms with E-state index in [1.54, 1.807) is 24.3 Å². The van der Waals surface area contributed by atoms with Gasteiger partial charge in [0.25, 0.3) is 0 Å². The zero-order chi connectivity index (χ0) is 26.7. The quantitative estimate of drug-likeness (QED) is 0.210. The average Bonchev–Trinajstić information content (AvgIpc) is 3.42. The number of aromatic nitrogens is 4. The van der Waals surface area contributed by atoms with Crippen molar-refractivity contribution in [1.29, 1.82) is 0 Å². The fraction of sp³-hybridized carbons (Fsp3) is 0.375. The molecule has 2 aromatic heterocycles. The molecule has 1 saturated heterocycles. The zero-order valence-electron chi connectivity index (χ0n) is 19.6. The molecule has 3 aromatic rings. The molecule has 4 rings (SSSR count). The van der Waals surface area contributed by atoms with Gasteiger partial charge >= 0.3 is 5.97 Å². The number of imidazole rings is 1. The maximum Gasteiger partial charge on any atom is 0.320 e. The molecule has 0 saturated carbocycles. The molecule has 1 aromatic carbocycles. The first-order valence-corrected chi connectivity index (χ1v) is 11.5. The Hall–Kier alpha value is -4.09. The third-order valence-corrected chi connectivity index (χ3v) is 6.25. The number of aliphatic carboxylic acids is 1. The van der Waals surface area contributed by atoms with Gasteiger partial charge in [0, 0.05) is 17.0 Å². The van der Waals surface area contributed by atoms with Crippen molar-refractivity contribution in [2.75, 3.05) is 5.73 Å². The van der Waals surface area contributed by atoms with Gasteiger partial charge in [-0.2, -0.15) is 0 Å². The van der Waals surface area contributed by atoms with Crippen LogP contribution in [-0.4, -0.2) is 71.1 Å². The predicted molar refractivity (Wildman–Crippen MR) is 130 cm³/mol. The van der Waals surface area contributed by atoms with Crippen molar-refractivity contribution in [2.45, 2.75) is 49.8 Å². The number of ether oxygens (including phenoxy) is 1. The first-order valence-electron chi connectivity index (χ1n) is 11.5. The van der Waals surface area contributed by atoms with E-state index in [0.29, 0.717) is 28.7 Å². The van der Waals surface area contributed by atoms with Gasteiger partial charge < -0.3 is 37.3 Å². The van der Waals surface area contributed by atoms with Gasteiger partial charge in [-0.25, -0.2) is 15.0 Å². The van der Waals surface area contributed by atoms with Crippen LogP contribution in [0.5, 0.6) is 0 Å². The van der Waals surface area contributed by atoms with Crippen LogP contribution >= 0.6 is 0 Å². The highest BCUT2D eigenvalue weighted by Gasteiger charge is 2.44. The van der Waals surface area contributed by atoms with Crippen LogP contribution in [-0.2, 0) is 9.53 Å². The Bertz CT molecular complexity index is 1350. The summed E-state index contributed by atoms with van der Waals surface area (Å²) in [6.45, 7) is 0. The Balaban J connectivity index is 1.54. The van der Waals surface area contributed by atoms with E-state index < -0.39 is 48.4 Å². The van der Waals surface area contributed by atoms with Crippen molar-refractivity contribution in [3.63, 3.8) is 0 Å².